The lowest BCUT2D eigenvalue weighted by molar-refractivity contribution is -0.0890. The second-order valence-electron chi connectivity index (χ2n) is 3.05. The molecule has 0 aromatic rings. The van der Waals surface area contributed by atoms with Crippen molar-refractivity contribution >= 4 is 11.6 Å². The predicted molar refractivity (Wildman–Crippen MR) is 46.5 cm³/mol. The van der Waals surface area contributed by atoms with Gasteiger partial charge in [0.15, 0.2) is 0 Å². The summed E-state index contributed by atoms with van der Waals surface area (Å²) in [5, 5.41) is -0.0677. The first-order valence-electron chi connectivity index (χ1n) is 4.09. The summed E-state index contributed by atoms with van der Waals surface area (Å²) >= 11 is 5.55. The Hall–Kier alpha value is -0.440. The van der Waals surface area contributed by atoms with Crippen molar-refractivity contribution in [1.82, 2.24) is 0 Å². The van der Waals surface area contributed by atoms with Crippen LogP contribution in [0.25, 0.3) is 0 Å². The average molecular weight is 211 g/mol. The highest BCUT2D eigenvalue weighted by molar-refractivity contribution is 6.30. The van der Waals surface area contributed by atoms with Gasteiger partial charge in [-0.2, -0.15) is 13.2 Å². The number of hydrogen-bond donors (Lipinski definition) is 0. The topological polar surface area (TPSA) is 0 Å². The number of hydrogen-bond acceptors (Lipinski definition) is 0. The zero-order valence-corrected chi connectivity index (χ0v) is 7.91. The summed E-state index contributed by atoms with van der Waals surface area (Å²) in [6.07, 6.45) is -0.526. The zero-order valence-electron chi connectivity index (χ0n) is 7.16. The quantitative estimate of drug-likeness (QED) is 0.613. The molecule has 0 aromatic carbocycles. The molecule has 0 bridgehead atoms. The molecule has 1 unspecified atom stereocenters. The summed E-state index contributed by atoms with van der Waals surface area (Å²) in [6.45, 7) is 1.93. The van der Waals surface area contributed by atoms with E-state index in [-0.39, 0.29) is 11.0 Å². The summed E-state index contributed by atoms with van der Waals surface area (Å²) in [6, 6.07) is 0. The van der Waals surface area contributed by atoms with E-state index in [4.69, 9.17) is 11.6 Å². The van der Waals surface area contributed by atoms with Gasteiger partial charge in [-0.3, -0.25) is 0 Å². The second kappa shape index (κ2) is 3.74. The number of alkyl halides is 3. The Morgan fingerprint density at radius 1 is 1.54 bits per heavy atom. The van der Waals surface area contributed by atoms with Crippen molar-refractivity contribution in [2.75, 3.05) is 0 Å². The molecular formula is C9H10ClF3. The minimum Gasteiger partial charge on any atom is -0.166 e. The highest BCUT2D eigenvalue weighted by Crippen LogP contribution is 2.37. The van der Waals surface area contributed by atoms with Crippen LogP contribution in [-0.4, -0.2) is 6.18 Å². The molecule has 4 heteroatoms. The third kappa shape index (κ3) is 2.50. The van der Waals surface area contributed by atoms with E-state index in [2.05, 4.69) is 0 Å². The SMILES string of the molecule is CCC1C=CC(C(F)(F)F)=C(Cl)C1. The van der Waals surface area contributed by atoms with Crippen LogP contribution in [0.4, 0.5) is 13.2 Å². The van der Waals surface area contributed by atoms with Crippen LogP contribution in [0.15, 0.2) is 22.8 Å². The van der Waals surface area contributed by atoms with Gasteiger partial charge in [-0.25, -0.2) is 0 Å². The highest BCUT2D eigenvalue weighted by atomic mass is 35.5. The van der Waals surface area contributed by atoms with Gasteiger partial charge in [0.25, 0.3) is 0 Å². The van der Waals surface area contributed by atoms with Gasteiger partial charge < -0.3 is 0 Å². The minimum absolute atomic E-state index is 0.0677. The van der Waals surface area contributed by atoms with E-state index in [9.17, 15) is 13.2 Å². The van der Waals surface area contributed by atoms with Crippen molar-refractivity contribution in [3.8, 4) is 0 Å². The van der Waals surface area contributed by atoms with Crippen molar-refractivity contribution < 1.29 is 13.2 Å². The lowest BCUT2D eigenvalue weighted by Crippen LogP contribution is -2.15. The lowest BCUT2D eigenvalue weighted by Gasteiger charge is -2.19. The van der Waals surface area contributed by atoms with Gasteiger partial charge in [-0.1, -0.05) is 30.7 Å². The van der Waals surface area contributed by atoms with Crippen LogP contribution in [0.5, 0.6) is 0 Å². The first-order chi connectivity index (χ1) is 5.95. The fraction of sp³-hybridized carbons (Fsp3) is 0.556. The Labute approximate surface area is 80.1 Å². The van der Waals surface area contributed by atoms with Gasteiger partial charge in [0.1, 0.15) is 0 Å². The smallest absolute Gasteiger partial charge is 0.166 e. The first kappa shape index (κ1) is 10.6. The van der Waals surface area contributed by atoms with Crippen LogP contribution >= 0.6 is 11.6 Å². The van der Waals surface area contributed by atoms with Gasteiger partial charge >= 0.3 is 6.18 Å². The molecule has 0 amide bonds. The van der Waals surface area contributed by atoms with Crippen LogP contribution < -0.4 is 0 Å². The molecule has 1 aliphatic carbocycles. The van der Waals surface area contributed by atoms with E-state index in [1.807, 2.05) is 6.92 Å². The summed E-state index contributed by atoms with van der Waals surface area (Å²) in [7, 11) is 0. The van der Waals surface area contributed by atoms with Gasteiger partial charge in [0, 0.05) is 5.03 Å². The summed E-state index contributed by atoms with van der Waals surface area (Å²) < 4.78 is 36.7. The first-order valence-corrected chi connectivity index (χ1v) is 4.47. The standard InChI is InChI=1S/C9H10ClF3/c1-2-6-3-4-7(8(10)5-6)9(11,12)13/h3-4,6H,2,5H2,1H3. The molecule has 13 heavy (non-hydrogen) atoms. The largest absolute Gasteiger partial charge is 0.417 e. The minimum atomic E-state index is -4.31. The third-order valence-corrected chi connectivity index (χ3v) is 2.46. The lowest BCUT2D eigenvalue weighted by atomic mass is 9.94. The van der Waals surface area contributed by atoms with E-state index < -0.39 is 11.7 Å². The van der Waals surface area contributed by atoms with Crippen LogP contribution in [0.1, 0.15) is 19.8 Å². The normalized spacial score (nSPS) is 23.9. The molecule has 1 atom stereocenters. The van der Waals surface area contributed by atoms with Crippen LogP contribution in [-0.2, 0) is 0 Å². The summed E-state index contributed by atoms with van der Waals surface area (Å²) in [5.41, 5.74) is -0.695. The van der Waals surface area contributed by atoms with E-state index in [0.717, 1.165) is 12.5 Å². The molecule has 0 aromatic heterocycles. The Balaban J connectivity index is 2.85. The van der Waals surface area contributed by atoms with Crippen LogP contribution in [0.2, 0.25) is 0 Å². The van der Waals surface area contributed by atoms with E-state index in [0.29, 0.717) is 6.42 Å². The Bertz CT molecular complexity index is 250. The van der Waals surface area contributed by atoms with Crippen molar-refractivity contribution in [3.05, 3.63) is 22.8 Å². The molecule has 74 valence electrons. The third-order valence-electron chi connectivity index (χ3n) is 2.10. The van der Waals surface area contributed by atoms with Crippen molar-refractivity contribution in [2.24, 2.45) is 5.92 Å². The van der Waals surface area contributed by atoms with Crippen LogP contribution in [0, 0.1) is 5.92 Å². The van der Waals surface area contributed by atoms with E-state index >= 15 is 0 Å². The van der Waals surface area contributed by atoms with E-state index in [1.54, 1.807) is 6.08 Å². The fourth-order valence-corrected chi connectivity index (χ4v) is 1.63. The number of halogens is 4. The maximum atomic E-state index is 12.2. The van der Waals surface area contributed by atoms with Crippen molar-refractivity contribution in [1.29, 1.82) is 0 Å². The summed E-state index contributed by atoms with van der Waals surface area (Å²) in [4.78, 5) is 0. The monoisotopic (exact) mass is 210 g/mol. The molecule has 1 aliphatic rings. The molecule has 0 N–H and O–H groups in total. The molecule has 1 rings (SSSR count). The van der Waals surface area contributed by atoms with Crippen molar-refractivity contribution in [3.63, 3.8) is 0 Å². The molecule has 0 nitrogen and oxygen atoms in total. The second-order valence-corrected chi connectivity index (χ2v) is 3.50. The molecular weight excluding hydrogens is 201 g/mol. The number of allylic oxidation sites excluding steroid dienone is 4. The predicted octanol–water partition coefficient (Wildman–Crippen LogP) is 4.03. The molecule has 0 fully saturated rings. The molecule has 0 radical (unpaired) electrons. The Kier molecular flexibility index (Phi) is 3.06. The van der Waals surface area contributed by atoms with Gasteiger partial charge in [0.05, 0.1) is 5.57 Å². The Morgan fingerprint density at radius 2 is 2.15 bits per heavy atom. The molecule has 0 spiro atoms. The maximum absolute atomic E-state index is 12.2. The van der Waals surface area contributed by atoms with Gasteiger partial charge in [-0.15, -0.1) is 0 Å². The molecule has 0 aliphatic heterocycles. The average Bonchev–Trinajstić information content (AvgIpc) is 2.01. The number of rotatable bonds is 1. The zero-order chi connectivity index (χ0) is 10.1. The van der Waals surface area contributed by atoms with Crippen LogP contribution in [0.3, 0.4) is 0 Å². The Morgan fingerprint density at radius 3 is 2.54 bits per heavy atom. The van der Waals surface area contributed by atoms with Gasteiger partial charge in [-0.05, 0) is 18.8 Å². The summed E-state index contributed by atoms with van der Waals surface area (Å²) in [5.74, 6) is 0.151. The molecule has 0 heterocycles. The fourth-order valence-electron chi connectivity index (χ4n) is 1.26. The van der Waals surface area contributed by atoms with Crippen molar-refractivity contribution in [2.45, 2.75) is 25.9 Å². The maximum Gasteiger partial charge on any atom is 0.417 e. The molecule has 0 saturated heterocycles. The molecule has 0 saturated carbocycles. The van der Waals surface area contributed by atoms with Gasteiger partial charge in [0.2, 0.25) is 0 Å². The highest BCUT2D eigenvalue weighted by Gasteiger charge is 2.35. The van der Waals surface area contributed by atoms with E-state index in [1.165, 1.54) is 0 Å².